The normalized spacial score (nSPS) is 11.2. The first-order chi connectivity index (χ1) is 7.51. The fourth-order valence-corrected chi connectivity index (χ4v) is 1.02. The van der Waals surface area contributed by atoms with E-state index in [1.165, 1.54) is 7.11 Å². The van der Waals surface area contributed by atoms with Crippen molar-refractivity contribution in [1.82, 2.24) is 0 Å². The van der Waals surface area contributed by atoms with Gasteiger partial charge in [0.05, 0.1) is 0 Å². The summed E-state index contributed by atoms with van der Waals surface area (Å²) in [5.74, 6) is -1.82. The zero-order valence-electron chi connectivity index (χ0n) is 10.4. The fraction of sp³-hybridized carbons (Fsp3) is 0.727. The number of hydrogen-bond donors (Lipinski definition) is 0. The second kappa shape index (κ2) is 7.38. The largest absolute Gasteiger partial charge is 0.454 e. The molecule has 0 aliphatic carbocycles. The summed E-state index contributed by atoms with van der Waals surface area (Å²) in [5, 5.41) is 0. The Hall–Kier alpha value is -0.910. The molecule has 0 radical (unpaired) electrons. The van der Waals surface area contributed by atoms with Crippen molar-refractivity contribution < 1.29 is 23.7 Å². The van der Waals surface area contributed by atoms with Gasteiger partial charge in [-0.3, -0.25) is 0 Å². The summed E-state index contributed by atoms with van der Waals surface area (Å²) in [6.45, 7) is 9.29. The van der Waals surface area contributed by atoms with Crippen molar-refractivity contribution in [3.05, 3.63) is 12.2 Å². The molecule has 0 aliphatic heterocycles. The summed E-state index contributed by atoms with van der Waals surface area (Å²) in [6.07, 6.45) is 0. The predicted molar refractivity (Wildman–Crippen MR) is 58.8 cm³/mol. The molecule has 94 valence electrons. The lowest BCUT2D eigenvalue weighted by Crippen LogP contribution is -2.43. The van der Waals surface area contributed by atoms with Gasteiger partial charge < -0.3 is 18.9 Å². The number of methoxy groups -OCH3 is 1. The highest BCUT2D eigenvalue weighted by Gasteiger charge is 2.33. The molecule has 0 saturated carbocycles. The second-order valence-electron chi connectivity index (χ2n) is 3.11. The monoisotopic (exact) mass is 232 g/mol. The molecule has 0 heterocycles. The van der Waals surface area contributed by atoms with E-state index >= 15 is 0 Å². The Kier molecular flexibility index (Phi) is 6.96. The molecule has 0 saturated heterocycles. The lowest BCUT2D eigenvalue weighted by molar-refractivity contribution is -0.380. The topological polar surface area (TPSA) is 54.0 Å². The summed E-state index contributed by atoms with van der Waals surface area (Å²) >= 11 is 0. The van der Waals surface area contributed by atoms with E-state index in [2.05, 4.69) is 6.58 Å². The van der Waals surface area contributed by atoms with Crippen LogP contribution >= 0.6 is 0 Å². The predicted octanol–water partition coefficient (Wildman–Crippen LogP) is 1.48. The lowest BCUT2D eigenvalue weighted by Gasteiger charge is -2.30. The van der Waals surface area contributed by atoms with Gasteiger partial charge >= 0.3 is 11.9 Å². The van der Waals surface area contributed by atoms with E-state index in [9.17, 15) is 4.79 Å². The molecule has 5 heteroatoms. The van der Waals surface area contributed by atoms with Crippen molar-refractivity contribution in [3.8, 4) is 0 Å². The fourth-order valence-electron chi connectivity index (χ4n) is 1.02. The summed E-state index contributed by atoms with van der Waals surface area (Å²) < 4.78 is 20.6. The molecule has 16 heavy (non-hydrogen) atoms. The third-order valence-electron chi connectivity index (χ3n) is 1.77. The van der Waals surface area contributed by atoms with Gasteiger partial charge in [-0.1, -0.05) is 6.58 Å². The Balaban J connectivity index is 4.40. The molecule has 0 aromatic heterocycles. The third kappa shape index (κ3) is 4.74. The zero-order chi connectivity index (χ0) is 12.6. The molecular formula is C11H20O5. The van der Waals surface area contributed by atoms with Crippen LogP contribution in [0.4, 0.5) is 0 Å². The maximum absolute atomic E-state index is 11.2. The van der Waals surface area contributed by atoms with Gasteiger partial charge in [-0.2, -0.15) is 0 Å². The number of hydrogen-bond acceptors (Lipinski definition) is 5. The minimum Gasteiger partial charge on any atom is -0.454 e. The van der Waals surface area contributed by atoms with Crippen LogP contribution in [0.3, 0.4) is 0 Å². The maximum Gasteiger partial charge on any atom is 0.333 e. The highest BCUT2D eigenvalue weighted by atomic mass is 16.9. The molecule has 0 aromatic carbocycles. The molecule has 0 atom stereocenters. The molecule has 0 rings (SSSR count). The molecule has 0 fully saturated rings. The Bertz CT molecular complexity index is 231. The van der Waals surface area contributed by atoms with Gasteiger partial charge in [-0.25, -0.2) is 4.79 Å². The van der Waals surface area contributed by atoms with Gasteiger partial charge in [0.15, 0.2) is 6.61 Å². The van der Waals surface area contributed by atoms with Crippen LogP contribution in [0.1, 0.15) is 20.8 Å². The van der Waals surface area contributed by atoms with E-state index in [0.717, 1.165) is 0 Å². The zero-order valence-corrected chi connectivity index (χ0v) is 10.4. The summed E-state index contributed by atoms with van der Waals surface area (Å²) in [5.41, 5.74) is 0.318. The summed E-state index contributed by atoms with van der Waals surface area (Å²) in [7, 11) is 1.43. The van der Waals surface area contributed by atoms with Crippen LogP contribution in [0.5, 0.6) is 0 Å². The Morgan fingerprint density at radius 3 is 2.06 bits per heavy atom. The van der Waals surface area contributed by atoms with Crippen LogP contribution in [-0.2, 0) is 23.7 Å². The number of carbonyl (C=O) groups excluding carboxylic acids is 1. The first-order valence-corrected chi connectivity index (χ1v) is 5.17. The molecule has 0 aliphatic rings. The average Bonchev–Trinajstić information content (AvgIpc) is 2.25. The first-order valence-electron chi connectivity index (χ1n) is 5.17. The summed E-state index contributed by atoms with van der Waals surface area (Å²) in [6, 6.07) is 0. The molecule has 0 aromatic rings. The van der Waals surface area contributed by atoms with Gasteiger partial charge in [0.2, 0.25) is 0 Å². The van der Waals surface area contributed by atoms with E-state index in [0.29, 0.717) is 18.8 Å². The van der Waals surface area contributed by atoms with E-state index in [1.54, 1.807) is 20.8 Å². The minimum absolute atomic E-state index is 0.128. The lowest BCUT2D eigenvalue weighted by atomic mass is 10.4. The number of ether oxygens (including phenoxy) is 4. The van der Waals surface area contributed by atoms with E-state index < -0.39 is 11.9 Å². The van der Waals surface area contributed by atoms with Crippen LogP contribution in [0.15, 0.2) is 12.2 Å². The highest BCUT2D eigenvalue weighted by Crippen LogP contribution is 2.15. The van der Waals surface area contributed by atoms with Crippen LogP contribution < -0.4 is 0 Å². The van der Waals surface area contributed by atoms with Crippen molar-refractivity contribution in [3.63, 3.8) is 0 Å². The Morgan fingerprint density at radius 1 is 1.25 bits per heavy atom. The van der Waals surface area contributed by atoms with Crippen LogP contribution in [0.25, 0.3) is 0 Å². The van der Waals surface area contributed by atoms with Crippen LogP contribution in [0.2, 0.25) is 0 Å². The van der Waals surface area contributed by atoms with Crippen molar-refractivity contribution in [2.45, 2.75) is 26.7 Å². The molecule has 0 amide bonds. The Morgan fingerprint density at radius 2 is 1.75 bits per heavy atom. The van der Waals surface area contributed by atoms with Crippen LogP contribution in [-0.4, -0.2) is 38.9 Å². The van der Waals surface area contributed by atoms with E-state index in [-0.39, 0.29) is 6.61 Å². The highest BCUT2D eigenvalue weighted by molar-refractivity contribution is 5.86. The van der Waals surface area contributed by atoms with Gasteiger partial charge in [-0.15, -0.1) is 0 Å². The Labute approximate surface area is 96.3 Å². The molecule has 0 spiro atoms. The van der Waals surface area contributed by atoms with Crippen molar-refractivity contribution in [1.29, 1.82) is 0 Å². The number of carbonyl (C=O) groups is 1. The number of esters is 1. The van der Waals surface area contributed by atoms with Crippen molar-refractivity contribution in [2.24, 2.45) is 0 Å². The van der Waals surface area contributed by atoms with E-state index in [1.807, 2.05) is 0 Å². The average molecular weight is 232 g/mol. The third-order valence-corrected chi connectivity index (χ3v) is 1.77. The second-order valence-corrected chi connectivity index (χ2v) is 3.11. The quantitative estimate of drug-likeness (QED) is 0.360. The van der Waals surface area contributed by atoms with Gasteiger partial charge in [0.1, 0.15) is 0 Å². The molecule has 5 nitrogen and oxygen atoms in total. The van der Waals surface area contributed by atoms with Gasteiger partial charge in [-0.05, 0) is 20.8 Å². The van der Waals surface area contributed by atoms with Crippen molar-refractivity contribution >= 4 is 5.97 Å². The van der Waals surface area contributed by atoms with E-state index in [4.69, 9.17) is 18.9 Å². The molecule has 0 unspecified atom stereocenters. The smallest absolute Gasteiger partial charge is 0.333 e. The SMILES string of the molecule is C=C(C)C(=O)OCC(OC)(OCC)OCC. The summed E-state index contributed by atoms with van der Waals surface area (Å²) in [4.78, 5) is 11.2. The van der Waals surface area contributed by atoms with Gasteiger partial charge in [0.25, 0.3) is 0 Å². The van der Waals surface area contributed by atoms with Gasteiger partial charge in [0, 0.05) is 25.9 Å². The molecule has 0 bridgehead atoms. The van der Waals surface area contributed by atoms with Crippen LogP contribution in [0, 0.1) is 0 Å². The maximum atomic E-state index is 11.2. The minimum atomic E-state index is -1.32. The standard InChI is InChI=1S/C11H20O5/c1-6-15-11(13-5,16-7-2)8-14-10(12)9(3)4/h3,6-8H2,1-2,4-5H3. The van der Waals surface area contributed by atoms with Crippen molar-refractivity contribution in [2.75, 3.05) is 26.9 Å². The molecule has 0 N–H and O–H groups in total. The molecular weight excluding hydrogens is 212 g/mol. The number of rotatable bonds is 8. The first kappa shape index (κ1) is 15.1.